The van der Waals surface area contributed by atoms with E-state index in [0.29, 0.717) is 52.0 Å². The number of carbonyl (C=O) groups is 3. The molecule has 0 atom stereocenters. The standard InChI is InChI=1S/C18H25N5O4/c1-2-14(24)23-6-3-13-16(20-12-19-13)18(23)4-7-21(8-5-18)15(25)11-22-9-10-27-17(22)26/h12H,2-11H2,1H3,(H,19,20). The molecule has 9 heteroatoms. The van der Waals surface area contributed by atoms with Gasteiger partial charge in [0.2, 0.25) is 11.8 Å². The number of aromatic nitrogens is 2. The number of piperidine rings is 1. The molecule has 1 aromatic heterocycles. The topological polar surface area (TPSA) is 98.8 Å². The van der Waals surface area contributed by atoms with Gasteiger partial charge in [0, 0.05) is 38.2 Å². The van der Waals surface area contributed by atoms with Crippen LogP contribution >= 0.6 is 0 Å². The molecule has 0 bridgehead atoms. The average molecular weight is 375 g/mol. The Hall–Kier alpha value is -2.58. The van der Waals surface area contributed by atoms with Gasteiger partial charge < -0.3 is 19.5 Å². The fourth-order valence-electron chi connectivity index (χ4n) is 4.50. The number of likely N-dealkylation sites (tertiary alicyclic amines) is 1. The van der Waals surface area contributed by atoms with E-state index in [0.717, 1.165) is 17.8 Å². The van der Waals surface area contributed by atoms with Crippen molar-refractivity contribution >= 4 is 17.9 Å². The largest absolute Gasteiger partial charge is 0.448 e. The van der Waals surface area contributed by atoms with Crippen LogP contribution in [0.2, 0.25) is 0 Å². The fraction of sp³-hybridized carbons (Fsp3) is 0.667. The number of amides is 3. The number of aromatic amines is 1. The van der Waals surface area contributed by atoms with Crippen molar-refractivity contribution in [2.45, 2.75) is 38.1 Å². The van der Waals surface area contributed by atoms with Gasteiger partial charge in [0.05, 0.1) is 24.1 Å². The number of hydrogen-bond acceptors (Lipinski definition) is 5. The number of fused-ring (bicyclic) bond motifs is 2. The summed E-state index contributed by atoms with van der Waals surface area (Å²) in [6.07, 6.45) is 3.83. The van der Waals surface area contributed by atoms with Crippen molar-refractivity contribution in [1.29, 1.82) is 0 Å². The third-order valence-corrected chi connectivity index (χ3v) is 5.98. The molecule has 1 aromatic rings. The summed E-state index contributed by atoms with van der Waals surface area (Å²) in [5.74, 6) is 0.0540. The molecule has 3 amide bonds. The van der Waals surface area contributed by atoms with Gasteiger partial charge in [0.1, 0.15) is 13.2 Å². The molecule has 1 N–H and O–H groups in total. The number of nitrogens with zero attached hydrogens (tertiary/aromatic N) is 4. The molecule has 4 heterocycles. The van der Waals surface area contributed by atoms with Gasteiger partial charge in [-0.2, -0.15) is 0 Å². The molecule has 146 valence electrons. The summed E-state index contributed by atoms with van der Waals surface area (Å²) in [5, 5.41) is 0. The van der Waals surface area contributed by atoms with Crippen LogP contribution in [0.15, 0.2) is 6.33 Å². The molecule has 3 aliphatic rings. The highest BCUT2D eigenvalue weighted by molar-refractivity contribution is 5.83. The molecule has 0 unspecified atom stereocenters. The number of nitrogens with one attached hydrogen (secondary N) is 1. The van der Waals surface area contributed by atoms with Gasteiger partial charge >= 0.3 is 6.09 Å². The summed E-state index contributed by atoms with van der Waals surface area (Å²) in [7, 11) is 0. The van der Waals surface area contributed by atoms with Gasteiger partial charge in [-0.15, -0.1) is 0 Å². The Morgan fingerprint density at radius 3 is 2.67 bits per heavy atom. The van der Waals surface area contributed by atoms with Crippen LogP contribution in [-0.2, 0) is 26.3 Å². The van der Waals surface area contributed by atoms with Crippen molar-refractivity contribution in [3.63, 3.8) is 0 Å². The van der Waals surface area contributed by atoms with Gasteiger partial charge in [-0.25, -0.2) is 9.78 Å². The Bertz CT molecular complexity index is 753. The Morgan fingerprint density at radius 2 is 2.00 bits per heavy atom. The molecule has 4 rings (SSSR count). The van der Waals surface area contributed by atoms with Crippen molar-refractivity contribution in [3.8, 4) is 0 Å². The van der Waals surface area contributed by atoms with Crippen molar-refractivity contribution in [3.05, 3.63) is 17.7 Å². The summed E-state index contributed by atoms with van der Waals surface area (Å²) in [5.41, 5.74) is 1.60. The minimum atomic E-state index is -0.440. The summed E-state index contributed by atoms with van der Waals surface area (Å²) < 4.78 is 4.89. The zero-order chi connectivity index (χ0) is 19.0. The first-order chi connectivity index (χ1) is 13.0. The van der Waals surface area contributed by atoms with Crippen molar-refractivity contribution in [1.82, 2.24) is 24.7 Å². The first-order valence-corrected chi connectivity index (χ1v) is 9.58. The predicted octanol–water partition coefficient (Wildman–Crippen LogP) is 0.474. The highest BCUT2D eigenvalue weighted by atomic mass is 16.6. The Kier molecular flexibility index (Phi) is 4.53. The molecule has 27 heavy (non-hydrogen) atoms. The van der Waals surface area contributed by atoms with Gasteiger partial charge in [0.25, 0.3) is 0 Å². The average Bonchev–Trinajstić information content (AvgIpc) is 3.32. The lowest BCUT2D eigenvalue weighted by Crippen LogP contribution is -2.59. The molecule has 0 radical (unpaired) electrons. The highest BCUT2D eigenvalue weighted by Crippen LogP contribution is 2.42. The van der Waals surface area contributed by atoms with E-state index < -0.39 is 11.6 Å². The molecular formula is C18H25N5O4. The van der Waals surface area contributed by atoms with E-state index in [1.54, 1.807) is 11.2 Å². The monoisotopic (exact) mass is 375 g/mol. The zero-order valence-corrected chi connectivity index (χ0v) is 15.6. The van der Waals surface area contributed by atoms with E-state index in [-0.39, 0.29) is 18.4 Å². The molecule has 2 fully saturated rings. The fourth-order valence-corrected chi connectivity index (χ4v) is 4.50. The van der Waals surface area contributed by atoms with Crippen LogP contribution in [0.4, 0.5) is 4.79 Å². The minimum Gasteiger partial charge on any atom is -0.448 e. The van der Waals surface area contributed by atoms with Crippen LogP contribution in [-0.4, -0.2) is 81.9 Å². The van der Waals surface area contributed by atoms with E-state index in [1.165, 1.54) is 4.90 Å². The lowest BCUT2D eigenvalue weighted by atomic mass is 9.78. The first kappa shape index (κ1) is 17.8. The van der Waals surface area contributed by atoms with E-state index in [9.17, 15) is 14.4 Å². The second-order valence-corrected chi connectivity index (χ2v) is 7.33. The number of H-pyrrole nitrogens is 1. The molecule has 2 saturated heterocycles. The number of cyclic esters (lactones) is 1. The van der Waals surface area contributed by atoms with Crippen molar-refractivity contribution in [2.24, 2.45) is 0 Å². The van der Waals surface area contributed by atoms with Crippen LogP contribution in [0.5, 0.6) is 0 Å². The molecular weight excluding hydrogens is 350 g/mol. The summed E-state index contributed by atoms with van der Waals surface area (Å²) in [6.45, 7) is 4.49. The van der Waals surface area contributed by atoms with Crippen LogP contribution in [0.25, 0.3) is 0 Å². The van der Waals surface area contributed by atoms with Gasteiger partial charge in [-0.05, 0) is 12.8 Å². The molecule has 0 aliphatic carbocycles. The second-order valence-electron chi connectivity index (χ2n) is 7.33. The maximum atomic E-state index is 12.6. The maximum Gasteiger partial charge on any atom is 0.410 e. The number of rotatable bonds is 3. The van der Waals surface area contributed by atoms with E-state index in [4.69, 9.17) is 4.74 Å². The lowest BCUT2D eigenvalue weighted by molar-refractivity contribution is -0.144. The number of carbonyl (C=O) groups excluding carboxylic acids is 3. The molecule has 3 aliphatic heterocycles. The highest BCUT2D eigenvalue weighted by Gasteiger charge is 2.48. The van der Waals surface area contributed by atoms with Gasteiger partial charge in [0.15, 0.2) is 0 Å². The Morgan fingerprint density at radius 1 is 1.22 bits per heavy atom. The maximum absolute atomic E-state index is 12.6. The normalized spacial score (nSPS) is 21.4. The second kappa shape index (κ2) is 6.86. The summed E-state index contributed by atoms with van der Waals surface area (Å²) in [4.78, 5) is 49.7. The molecule has 0 saturated carbocycles. The first-order valence-electron chi connectivity index (χ1n) is 9.58. The van der Waals surface area contributed by atoms with Crippen LogP contribution < -0.4 is 0 Å². The Labute approximate surface area is 157 Å². The van der Waals surface area contributed by atoms with Gasteiger partial charge in [-0.3, -0.25) is 14.5 Å². The number of imidazole rings is 1. The summed E-state index contributed by atoms with van der Waals surface area (Å²) in [6, 6.07) is 0. The predicted molar refractivity (Wildman–Crippen MR) is 94.7 cm³/mol. The SMILES string of the molecule is CCC(=O)N1CCc2[nH]cnc2C12CCN(C(=O)CN1CCOC1=O)CC2. The number of ether oxygens (including phenoxy) is 1. The molecule has 0 aromatic carbocycles. The quantitative estimate of drug-likeness (QED) is 0.828. The lowest BCUT2D eigenvalue weighted by Gasteiger charge is -2.50. The van der Waals surface area contributed by atoms with E-state index in [2.05, 4.69) is 9.97 Å². The van der Waals surface area contributed by atoms with Crippen molar-refractivity contribution < 1.29 is 19.1 Å². The summed E-state index contributed by atoms with van der Waals surface area (Å²) >= 11 is 0. The Balaban J connectivity index is 1.49. The van der Waals surface area contributed by atoms with Crippen molar-refractivity contribution in [2.75, 3.05) is 39.3 Å². The zero-order valence-electron chi connectivity index (χ0n) is 15.6. The van der Waals surface area contributed by atoms with Crippen LogP contribution in [0.3, 0.4) is 0 Å². The third-order valence-electron chi connectivity index (χ3n) is 5.98. The molecule has 9 nitrogen and oxygen atoms in total. The minimum absolute atomic E-state index is 0.0527. The van der Waals surface area contributed by atoms with Crippen LogP contribution in [0.1, 0.15) is 37.6 Å². The molecule has 1 spiro atoms. The smallest absolute Gasteiger partial charge is 0.410 e. The van der Waals surface area contributed by atoms with Gasteiger partial charge in [-0.1, -0.05) is 6.92 Å². The van der Waals surface area contributed by atoms with Crippen LogP contribution in [0, 0.1) is 0 Å². The third kappa shape index (κ3) is 2.94. The van der Waals surface area contributed by atoms with E-state index >= 15 is 0 Å². The number of hydrogen-bond donors (Lipinski definition) is 1. The van der Waals surface area contributed by atoms with E-state index in [1.807, 2.05) is 11.8 Å².